The maximum absolute atomic E-state index is 13.2. The standard InChI is InChI=1S/C19H33N5O3Si/c1-12(11-25)20-17(27)24-10-13-14(18(24,2)3)22-23-15(13)21-16(26)19(8-7-9-19)28(4,5)6/h12,25H,7-11H2,1-6H3,(H,20,27)(H2,21,22,23,26)/t12-/m0/s1. The van der Waals surface area contributed by atoms with Gasteiger partial charge in [0.2, 0.25) is 5.91 Å². The number of rotatable bonds is 5. The molecule has 0 bridgehead atoms. The summed E-state index contributed by atoms with van der Waals surface area (Å²) in [5.74, 6) is 0.602. The first-order valence-electron chi connectivity index (χ1n) is 10.0. The van der Waals surface area contributed by atoms with Crippen molar-refractivity contribution in [3.05, 3.63) is 11.3 Å². The van der Waals surface area contributed by atoms with Crippen LogP contribution in [0.25, 0.3) is 0 Å². The number of urea groups is 1. The van der Waals surface area contributed by atoms with Crippen LogP contribution in [0.3, 0.4) is 0 Å². The first-order chi connectivity index (χ1) is 12.9. The monoisotopic (exact) mass is 407 g/mol. The van der Waals surface area contributed by atoms with Crippen molar-refractivity contribution in [1.82, 2.24) is 20.4 Å². The number of hydrogen-bond acceptors (Lipinski definition) is 4. The number of aromatic nitrogens is 2. The summed E-state index contributed by atoms with van der Waals surface area (Å²) in [6.45, 7) is 12.6. The van der Waals surface area contributed by atoms with Crippen LogP contribution in [0.4, 0.5) is 10.6 Å². The third-order valence-corrected chi connectivity index (χ3v) is 10.3. The summed E-state index contributed by atoms with van der Waals surface area (Å²) in [6, 6.07) is -0.569. The number of amides is 3. The fraction of sp³-hybridized carbons (Fsp3) is 0.737. The van der Waals surface area contributed by atoms with E-state index >= 15 is 0 Å². The first kappa shape index (κ1) is 20.9. The van der Waals surface area contributed by atoms with Gasteiger partial charge in [-0.1, -0.05) is 26.1 Å². The minimum Gasteiger partial charge on any atom is -0.394 e. The molecule has 1 aliphatic heterocycles. The number of nitrogens with zero attached hydrogens (tertiary/aromatic N) is 2. The van der Waals surface area contributed by atoms with E-state index in [1.54, 1.807) is 11.8 Å². The Morgan fingerprint density at radius 2 is 1.96 bits per heavy atom. The molecule has 0 saturated heterocycles. The lowest BCUT2D eigenvalue weighted by Crippen LogP contribution is -2.52. The van der Waals surface area contributed by atoms with E-state index in [-0.39, 0.29) is 29.6 Å². The lowest BCUT2D eigenvalue weighted by Gasteiger charge is -2.48. The van der Waals surface area contributed by atoms with Gasteiger partial charge in [0.15, 0.2) is 5.82 Å². The highest BCUT2D eigenvalue weighted by Gasteiger charge is 2.54. The van der Waals surface area contributed by atoms with Crippen LogP contribution < -0.4 is 10.6 Å². The predicted octanol–water partition coefficient (Wildman–Crippen LogP) is 2.75. The summed E-state index contributed by atoms with van der Waals surface area (Å²) in [4.78, 5) is 27.5. The van der Waals surface area contributed by atoms with E-state index < -0.39 is 13.6 Å². The van der Waals surface area contributed by atoms with E-state index in [1.165, 1.54) is 0 Å². The topological polar surface area (TPSA) is 110 Å². The molecule has 0 spiro atoms. The van der Waals surface area contributed by atoms with Crippen LogP contribution in [0.1, 0.15) is 51.3 Å². The fourth-order valence-corrected chi connectivity index (χ4v) is 6.95. The summed E-state index contributed by atoms with van der Waals surface area (Å²) in [5.41, 5.74) is 1.11. The number of nitrogens with one attached hydrogen (secondary N) is 3. The molecule has 1 atom stereocenters. The van der Waals surface area contributed by atoms with Crippen molar-refractivity contribution in [2.75, 3.05) is 11.9 Å². The molecular formula is C19H33N5O3Si. The molecule has 156 valence electrons. The fourth-order valence-electron chi connectivity index (χ4n) is 4.35. The van der Waals surface area contributed by atoms with Crippen molar-refractivity contribution < 1.29 is 14.7 Å². The Hall–Kier alpha value is -1.87. The molecule has 1 aliphatic carbocycles. The van der Waals surface area contributed by atoms with Gasteiger partial charge in [-0.15, -0.1) is 0 Å². The normalized spacial score (nSPS) is 20.9. The highest BCUT2D eigenvalue weighted by molar-refractivity contribution is 6.83. The molecule has 2 aliphatic rings. The zero-order chi connectivity index (χ0) is 20.9. The van der Waals surface area contributed by atoms with Gasteiger partial charge in [0, 0.05) is 10.6 Å². The van der Waals surface area contributed by atoms with Crippen LogP contribution in [0.15, 0.2) is 0 Å². The number of aliphatic hydroxyl groups excluding tert-OH is 1. The van der Waals surface area contributed by atoms with Crippen LogP contribution in [0, 0.1) is 0 Å². The lowest BCUT2D eigenvalue weighted by molar-refractivity contribution is -0.121. The Labute approximate surface area is 167 Å². The minimum absolute atomic E-state index is 0.0711. The van der Waals surface area contributed by atoms with E-state index in [4.69, 9.17) is 0 Å². The molecule has 8 nitrogen and oxygen atoms in total. The zero-order valence-electron chi connectivity index (χ0n) is 17.8. The van der Waals surface area contributed by atoms with Crippen molar-refractivity contribution in [2.45, 2.75) is 82.8 Å². The van der Waals surface area contributed by atoms with Crippen LogP contribution in [-0.2, 0) is 16.9 Å². The minimum atomic E-state index is -1.68. The summed E-state index contributed by atoms with van der Waals surface area (Å²) < 4.78 is 0. The molecule has 3 amide bonds. The molecule has 4 N–H and O–H groups in total. The van der Waals surface area contributed by atoms with Gasteiger partial charge in [-0.25, -0.2) is 4.79 Å². The zero-order valence-corrected chi connectivity index (χ0v) is 18.8. The third kappa shape index (κ3) is 3.14. The number of carbonyl (C=O) groups excluding carboxylic acids is 2. The van der Waals surface area contributed by atoms with Gasteiger partial charge in [-0.2, -0.15) is 5.10 Å². The van der Waals surface area contributed by atoms with Gasteiger partial charge in [0.25, 0.3) is 0 Å². The number of aromatic amines is 1. The van der Waals surface area contributed by atoms with Crippen LogP contribution in [0.5, 0.6) is 0 Å². The van der Waals surface area contributed by atoms with Crippen molar-refractivity contribution in [3.63, 3.8) is 0 Å². The summed E-state index contributed by atoms with van der Waals surface area (Å²) >= 11 is 0. The van der Waals surface area contributed by atoms with E-state index in [1.807, 2.05) is 13.8 Å². The van der Waals surface area contributed by atoms with Crippen LogP contribution in [0.2, 0.25) is 24.7 Å². The van der Waals surface area contributed by atoms with Gasteiger partial charge in [0.1, 0.15) is 0 Å². The molecule has 1 saturated carbocycles. The second-order valence-corrected chi connectivity index (χ2v) is 15.2. The summed E-state index contributed by atoms with van der Waals surface area (Å²) in [6.07, 6.45) is 2.99. The van der Waals surface area contributed by atoms with E-state index in [9.17, 15) is 14.7 Å². The molecule has 1 fully saturated rings. The Balaban J connectivity index is 1.81. The molecule has 2 heterocycles. The third-order valence-electron chi connectivity index (χ3n) is 6.67. The van der Waals surface area contributed by atoms with E-state index in [0.717, 1.165) is 30.5 Å². The Kier molecular flexibility index (Phi) is 5.12. The van der Waals surface area contributed by atoms with Crippen molar-refractivity contribution in [2.24, 2.45) is 0 Å². The number of fused-ring (bicyclic) bond motifs is 1. The number of aliphatic hydroxyl groups is 1. The van der Waals surface area contributed by atoms with Crippen molar-refractivity contribution in [3.8, 4) is 0 Å². The number of anilines is 1. The van der Waals surface area contributed by atoms with Crippen molar-refractivity contribution in [1.29, 1.82) is 0 Å². The quantitative estimate of drug-likeness (QED) is 0.563. The second-order valence-electron chi connectivity index (χ2n) is 9.74. The lowest BCUT2D eigenvalue weighted by atomic mass is 9.83. The van der Waals surface area contributed by atoms with Gasteiger partial charge in [0.05, 0.1) is 38.5 Å². The van der Waals surface area contributed by atoms with Crippen LogP contribution >= 0.6 is 0 Å². The van der Waals surface area contributed by atoms with Gasteiger partial charge < -0.3 is 20.6 Å². The van der Waals surface area contributed by atoms with Crippen LogP contribution in [-0.4, -0.2) is 52.9 Å². The largest absolute Gasteiger partial charge is 0.394 e. The maximum Gasteiger partial charge on any atom is 0.318 e. The van der Waals surface area contributed by atoms with E-state index in [2.05, 4.69) is 40.5 Å². The molecule has 0 unspecified atom stereocenters. The smallest absolute Gasteiger partial charge is 0.318 e. The predicted molar refractivity (Wildman–Crippen MR) is 111 cm³/mol. The molecule has 28 heavy (non-hydrogen) atoms. The molecule has 0 radical (unpaired) electrons. The average molecular weight is 408 g/mol. The maximum atomic E-state index is 13.2. The molecular weight excluding hydrogens is 374 g/mol. The Morgan fingerprint density at radius 3 is 2.46 bits per heavy atom. The van der Waals surface area contributed by atoms with Gasteiger partial charge in [-0.05, 0) is 33.6 Å². The Bertz CT molecular complexity index is 779. The van der Waals surface area contributed by atoms with E-state index in [0.29, 0.717) is 12.4 Å². The highest BCUT2D eigenvalue weighted by atomic mass is 28.3. The summed E-state index contributed by atoms with van der Waals surface area (Å²) in [7, 11) is -1.68. The second kappa shape index (κ2) is 6.87. The SMILES string of the molecule is C[C@@H](CO)NC(=O)N1Cc2c(NC(=O)C3([Si](C)(C)C)CCC3)n[nH]c2C1(C)C. The summed E-state index contributed by atoms with van der Waals surface area (Å²) in [5, 5.41) is 22.2. The first-order valence-corrected chi connectivity index (χ1v) is 13.5. The van der Waals surface area contributed by atoms with Gasteiger partial charge in [-0.3, -0.25) is 9.89 Å². The Morgan fingerprint density at radius 1 is 1.32 bits per heavy atom. The molecule has 9 heteroatoms. The average Bonchev–Trinajstić information content (AvgIpc) is 3.03. The number of carbonyl (C=O) groups is 2. The number of hydrogen-bond donors (Lipinski definition) is 4. The molecule has 1 aromatic rings. The molecule has 0 aromatic carbocycles. The molecule has 3 rings (SSSR count). The van der Waals surface area contributed by atoms with Crippen molar-refractivity contribution >= 4 is 25.8 Å². The molecule has 1 aromatic heterocycles. The van der Waals surface area contributed by atoms with Gasteiger partial charge >= 0.3 is 6.03 Å². The highest BCUT2D eigenvalue weighted by Crippen LogP contribution is 2.56. The number of H-pyrrole nitrogens is 1.